The fourth-order valence-corrected chi connectivity index (χ4v) is 1.97. The van der Waals surface area contributed by atoms with Crippen LogP contribution in [-0.2, 0) is 0 Å². The van der Waals surface area contributed by atoms with Crippen molar-refractivity contribution in [3.8, 4) is 0 Å². The zero-order valence-electron chi connectivity index (χ0n) is 11.8. The number of amides is 1. The van der Waals surface area contributed by atoms with E-state index in [0.717, 1.165) is 11.3 Å². The van der Waals surface area contributed by atoms with Crippen LogP contribution in [0.5, 0.6) is 0 Å². The second-order valence-corrected chi connectivity index (χ2v) is 4.96. The summed E-state index contributed by atoms with van der Waals surface area (Å²) in [7, 11) is 0. The molecule has 1 heterocycles. The number of hydrogen-bond donors (Lipinski definition) is 1. The highest BCUT2D eigenvalue weighted by Gasteiger charge is 2.12. The standard InChI is InChI=1S/C16H17FN2O/c1-10(2)12-6-4-5-7-14(12)19-16(20)15-9-8-13(17)11(3)18-15/h4-10H,1-3H3,(H,19,20). The maximum atomic E-state index is 13.2. The second-order valence-electron chi connectivity index (χ2n) is 4.96. The first-order valence-electron chi connectivity index (χ1n) is 6.52. The number of hydrogen-bond acceptors (Lipinski definition) is 2. The van der Waals surface area contributed by atoms with Gasteiger partial charge in [0.25, 0.3) is 5.91 Å². The van der Waals surface area contributed by atoms with E-state index in [1.54, 1.807) is 0 Å². The molecule has 2 aromatic rings. The van der Waals surface area contributed by atoms with E-state index < -0.39 is 5.82 Å². The average Bonchev–Trinajstić information content (AvgIpc) is 2.42. The predicted molar refractivity (Wildman–Crippen MR) is 77.4 cm³/mol. The smallest absolute Gasteiger partial charge is 0.274 e. The molecule has 1 aromatic carbocycles. The number of nitrogens with zero attached hydrogens (tertiary/aromatic N) is 1. The Morgan fingerprint density at radius 1 is 1.20 bits per heavy atom. The summed E-state index contributed by atoms with van der Waals surface area (Å²) in [5.74, 6) is -0.445. The molecule has 3 nitrogen and oxygen atoms in total. The van der Waals surface area contributed by atoms with E-state index in [9.17, 15) is 9.18 Å². The molecule has 4 heteroatoms. The van der Waals surface area contributed by atoms with Crippen molar-refractivity contribution in [1.82, 2.24) is 4.98 Å². The Bertz CT molecular complexity index is 638. The van der Waals surface area contributed by atoms with E-state index in [1.165, 1.54) is 19.1 Å². The molecule has 0 bridgehead atoms. The van der Waals surface area contributed by atoms with Gasteiger partial charge in [-0.3, -0.25) is 4.79 Å². The third kappa shape index (κ3) is 3.02. The van der Waals surface area contributed by atoms with E-state index in [0.29, 0.717) is 5.92 Å². The number of pyridine rings is 1. The zero-order chi connectivity index (χ0) is 14.7. The minimum Gasteiger partial charge on any atom is -0.320 e. The van der Waals surface area contributed by atoms with Crippen molar-refractivity contribution < 1.29 is 9.18 Å². The number of anilines is 1. The lowest BCUT2D eigenvalue weighted by Crippen LogP contribution is -2.15. The van der Waals surface area contributed by atoms with Gasteiger partial charge in [0.2, 0.25) is 0 Å². The van der Waals surface area contributed by atoms with E-state index >= 15 is 0 Å². The molecule has 0 unspecified atom stereocenters. The van der Waals surface area contributed by atoms with Gasteiger partial charge in [0.05, 0.1) is 5.69 Å². The monoisotopic (exact) mass is 272 g/mol. The molecule has 0 aliphatic carbocycles. The predicted octanol–water partition coefficient (Wildman–Crippen LogP) is 3.90. The molecule has 0 aliphatic rings. The van der Waals surface area contributed by atoms with Crippen molar-refractivity contribution in [3.05, 3.63) is 59.2 Å². The first kappa shape index (κ1) is 14.2. The van der Waals surface area contributed by atoms with Gasteiger partial charge in [0, 0.05) is 5.69 Å². The lowest BCUT2D eigenvalue weighted by molar-refractivity contribution is 0.102. The zero-order valence-corrected chi connectivity index (χ0v) is 11.8. The van der Waals surface area contributed by atoms with E-state index in [2.05, 4.69) is 24.1 Å². The highest BCUT2D eigenvalue weighted by molar-refractivity contribution is 6.03. The largest absolute Gasteiger partial charge is 0.320 e. The van der Waals surface area contributed by atoms with E-state index in [4.69, 9.17) is 0 Å². The molecule has 1 amide bonds. The summed E-state index contributed by atoms with van der Waals surface area (Å²) in [5.41, 5.74) is 2.24. The van der Waals surface area contributed by atoms with Crippen LogP contribution in [-0.4, -0.2) is 10.9 Å². The molecule has 0 saturated carbocycles. The van der Waals surface area contributed by atoms with Crippen molar-refractivity contribution in [2.24, 2.45) is 0 Å². The van der Waals surface area contributed by atoms with Crippen LogP contribution in [0, 0.1) is 12.7 Å². The minimum absolute atomic E-state index is 0.211. The van der Waals surface area contributed by atoms with Crippen molar-refractivity contribution in [2.75, 3.05) is 5.32 Å². The molecule has 0 spiro atoms. The Morgan fingerprint density at radius 3 is 2.55 bits per heavy atom. The van der Waals surface area contributed by atoms with Crippen LogP contribution in [0.15, 0.2) is 36.4 Å². The van der Waals surface area contributed by atoms with Crippen molar-refractivity contribution in [2.45, 2.75) is 26.7 Å². The summed E-state index contributed by atoms with van der Waals surface area (Å²) in [6, 6.07) is 10.3. The topological polar surface area (TPSA) is 42.0 Å². The molecule has 0 atom stereocenters. The number of carbonyl (C=O) groups is 1. The lowest BCUT2D eigenvalue weighted by atomic mass is 10.0. The maximum absolute atomic E-state index is 13.2. The molecule has 0 fully saturated rings. The molecule has 2 rings (SSSR count). The van der Waals surface area contributed by atoms with Crippen LogP contribution < -0.4 is 5.32 Å². The van der Waals surface area contributed by atoms with Crippen LogP contribution >= 0.6 is 0 Å². The van der Waals surface area contributed by atoms with Gasteiger partial charge in [-0.1, -0.05) is 32.0 Å². The third-order valence-electron chi connectivity index (χ3n) is 3.08. The molecular formula is C16H17FN2O. The normalized spacial score (nSPS) is 10.7. The fourth-order valence-electron chi connectivity index (χ4n) is 1.97. The van der Waals surface area contributed by atoms with Crippen LogP contribution in [0.1, 0.15) is 41.5 Å². The average molecular weight is 272 g/mol. The maximum Gasteiger partial charge on any atom is 0.274 e. The van der Waals surface area contributed by atoms with Gasteiger partial charge in [-0.2, -0.15) is 0 Å². The third-order valence-corrected chi connectivity index (χ3v) is 3.08. The summed E-state index contributed by atoms with van der Waals surface area (Å²) in [4.78, 5) is 16.1. The van der Waals surface area contributed by atoms with E-state index in [1.807, 2.05) is 24.3 Å². The van der Waals surface area contributed by atoms with Gasteiger partial charge >= 0.3 is 0 Å². The van der Waals surface area contributed by atoms with Gasteiger partial charge in [0.15, 0.2) is 0 Å². The van der Waals surface area contributed by atoms with Crippen LogP contribution in [0.4, 0.5) is 10.1 Å². The Kier molecular flexibility index (Phi) is 4.13. The summed E-state index contributed by atoms with van der Waals surface area (Å²) in [6.07, 6.45) is 0. The van der Waals surface area contributed by atoms with Gasteiger partial charge < -0.3 is 5.32 Å². The van der Waals surface area contributed by atoms with Crippen LogP contribution in [0.3, 0.4) is 0 Å². The highest BCUT2D eigenvalue weighted by atomic mass is 19.1. The number of para-hydroxylation sites is 1. The molecule has 104 valence electrons. The second kappa shape index (κ2) is 5.82. The Labute approximate surface area is 117 Å². The number of nitrogens with one attached hydrogen (secondary N) is 1. The molecular weight excluding hydrogens is 255 g/mol. The molecule has 0 radical (unpaired) electrons. The van der Waals surface area contributed by atoms with Gasteiger partial charge in [-0.15, -0.1) is 0 Å². The summed E-state index contributed by atoms with van der Waals surface area (Å²) >= 11 is 0. The highest BCUT2D eigenvalue weighted by Crippen LogP contribution is 2.24. The van der Waals surface area contributed by atoms with Gasteiger partial charge in [0.1, 0.15) is 11.5 Å². The number of aromatic nitrogens is 1. The van der Waals surface area contributed by atoms with Crippen LogP contribution in [0.2, 0.25) is 0 Å². The number of carbonyl (C=O) groups excluding carboxylic acids is 1. The van der Waals surface area contributed by atoms with Crippen LogP contribution in [0.25, 0.3) is 0 Å². The first-order valence-corrected chi connectivity index (χ1v) is 6.52. The van der Waals surface area contributed by atoms with E-state index in [-0.39, 0.29) is 17.3 Å². The Balaban J connectivity index is 2.26. The summed E-state index contributed by atoms with van der Waals surface area (Å²) in [6.45, 7) is 5.66. The quantitative estimate of drug-likeness (QED) is 0.920. The van der Waals surface area contributed by atoms with Crippen molar-refractivity contribution in [1.29, 1.82) is 0 Å². The molecule has 1 N–H and O–H groups in total. The number of halogens is 1. The molecule has 1 aromatic heterocycles. The summed E-state index contributed by atoms with van der Waals surface area (Å²) < 4.78 is 13.2. The number of rotatable bonds is 3. The van der Waals surface area contributed by atoms with Gasteiger partial charge in [-0.25, -0.2) is 9.37 Å². The summed E-state index contributed by atoms with van der Waals surface area (Å²) in [5, 5.41) is 2.83. The van der Waals surface area contributed by atoms with Gasteiger partial charge in [-0.05, 0) is 36.6 Å². The van der Waals surface area contributed by atoms with Crippen molar-refractivity contribution in [3.63, 3.8) is 0 Å². The SMILES string of the molecule is Cc1nc(C(=O)Nc2ccccc2C(C)C)ccc1F. The number of aryl methyl sites for hydroxylation is 1. The minimum atomic E-state index is -0.413. The Morgan fingerprint density at radius 2 is 1.90 bits per heavy atom. The van der Waals surface area contributed by atoms with Crippen molar-refractivity contribution >= 4 is 11.6 Å². The number of benzene rings is 1. The molecule has 0 saturated heterocycles. The first-order chi connectivity index (χ1) is 9.49. The fraction of sp³-hybridized carbons (Fsp3) is 0.250. The molecule has 0 aliphatic heterocycles. The molecule has 20 heavy (non-hydrogen) atoms. The lowest BCUT2D eigenvalue weighted by Gasteiger charge is -2.13. The Hall–Kier alpha value is -2.23.